The molecule has 2 heterocycles. The van der Waals surface area contributed by atoms with Crippen molar-refractivity contribution in [2.24, 2.45) is 0 Å². The van der Waals surface area contributed by atoms with Gasteiger partial charge in [0.15, 0.2) is 5.82 Å². The molecule has 1 aliphatic rings. The molecule has 0 aromatic carbocycles. The summed E-state index contributed by atoms with van der Waals surface area (Å²) in [5.41, 5.74) is 13.1. The number of pyridine rings is 1. The predicted molar refractivity (Wildman–Crippen MR) is 64.2 cm³/mol. The summed E-state index contributed by atoms with van der Waals surface area (Å²) in [5.74, 6) is -2.04. The number of nitrogens with two attached hydrogens (primary N) is 2. The first kappa shape index (κ1) is 11.9. The van der Waals surface area contributed by atoms with Gasteiger partial charge in [0.2, 0.25) is 0 Å². The molecule has 4 nitrogen and oxygen atoms in total. The zero-order valence-electron chi connectivity index (χ0n) is 9.71. The summed E-state index contributed by atoms with van der Waals surface area (Å²) < 4.78 is 26.1. The summed E-state index contributed by atoms with van der Waals surface area (Å²) in [6, 6.07) is 1.68. The molecule has 0 amide bonds. The lowest BCUT2D eigenvalue weighted by molar-refractivity contribution is -0.0221. The van der Waals surface area contributed by atoms with Crippen molar-refractivity contribution in [3.8, 4) is 0 Å². The van der Waals surface area contributed by atoms with E-state index in [2.05, 4.69) is 4.98 Å². The summed E-state index contributed by atoms with van der Waals surface area (Å²) in [7, 11) is 0. The molecule has 0 bridgehead atoms. The Bertz CT molecular complexity index is 424. The van der Waals surface area contributed by atoms with Gasteiger partial charge in [0.1, 0.15) is 0 Å². The highest BCUT2D eigenvalue weighted by atomic mass is 19.3. The Balaban J connectivity index is 2.24. The largest absolute Gasteiger partial charge is 0.397 e. The molecular weight excluding hydrogens is 226 g/mol. The maximum atomic E-state index is 13.0. The Morgan fingerprint density at radius 3 is 2.47 bits per heavy atom. The second-order valence-electron chi connectivity index (χ2n) is 4.43. The first-order valence-electron chi connectivity index (χ1n) is 5.54. The summed E-state index contributed by atoms with van der Waals surface area (Å²) in [6.07, 6.45) is -0.329. The summed E-state index contributed by atoms with van der Waals surface area (Å²) in [5, 5.41) is 0. The molecule has 1 aromatic heterocycles. The van der Waals surface area contributed by atoms with Gasteiger partial charge in [0.25, 0.3) is 5.92 Å². The minimum Gasteiger partial charge on any atom is -0.397 e. The average molecular weight is 242 g/mol. The van der Waals surface area contributed by atoms with Crippen LogP contribution in [0, 0.1) is 6.92 Å². The van der Waals surface area contributed by atoms with E-state index in [-0.39, 0.29) is 25.9 Å². The molecule has 2 rings (SSSR count). The molecule has 0 spiro atoms. The zero-order chi connectivity index (χ0) is 12.6. The van der Waals surface area contributed by atoms with Crippen molar-refractivity contribution in [2.45, 2.75) is 25.7 Å². The van der Waals surface area contributed by atoms with Gasteiger partial charge in [0.05, 0.1) is 11.4 Å². The van der Waals surface area contributed by atoms with Crippen molar-refractivity contribution in [1.82, 2.24) is 4.98 Å². The number of rotatable bonds is 1. The quantitative estimate of drug-likeness (QED) is 0.787. The van der Waals surface area contributed by atoms with Crippen LogP contribution in [0.25, 0.3) is 0 Å². The van der Waals surface area contributed by atoms with Crippen LogP contribution in [0.15, 0.2) is 6.07 Å². The number of nitrogen functional groups attached to an aromatic ring is 2. The Morgan fingerprint density at radius 1 is 1.29 bits per heavy atom. The number of halogens is 2. The number of aryl methyl sites for hydroxylation is 1. The first-order chi connectivity index (χ1) is 7.89. The summed E-state index contributed by atoms with van der Waals surface area (Å²) in [4.78, 5) is 6.05. The van der Waals surface area contributed by atoms with E-state index in [9.17, 15) is 8.78 Å². The minimum absolute atomic E-state index is 0.165. The molecule has 0 aliphatic carbocycles. The number of hydrogen-bond acceptors (Lipinski definition) is 4. The van der Waals surface area contributed by atoms with Crippen LogP contribution in [0.3, 0.4) is 0 Å². The lowest BCUT2D eigenvalue weighted by Gasteiger charge is -2.33. The van der Waals surface area contributed by atoms with Crippen LogP contribution >= 0.6 is 0 Å². The van der Waals surface area contributed by atoms with E-state index in [1.807, 2.05) is 0 Å². The maximum absolute atomic E-state index is 13.0. The van der Waals surface area contributed by atoms with E-state index in [1.165, 1.54) is 0 Å². The topological polar surface area (TPSA) is 68.2 Å². The summed E-state index contributed by atoms with van der Waals surface area (Å²) in [6.45, 7) is 2.32. The second kappa shape index (κ2) is 4.01. The molecule has 0 saturated carbocycles. The van der Waals surface area contributed by atoms with Crippen molar-refractivity contribution >= 4 is 17.2 Å². The fourth-order valence-corrected chi connectivity index (χ4v) is 1.98. The highest BCUT2D eigenvalue weighted by Gasteiger charge is 2.35. The molecule has 0 radical (unpaired) electrons. The lowest BCUT2D eigenvalue weighted by atomic mass is 10.1. The number of alkyl halides is 2. The fourth-order valence-electron chi connectivity index (χ4n) is 1.98. The van der Waals surface area contributed by atoms with E-state index in [4.69, 9.17) is 11.5 Å². The van der Waals surface area contributed by atoms with Gasteiger partial charge in [-0.1, -0.05) is 0 Å². The van der Waals surface area contributed by atoms with E-state index in [1.54, 1.807) is 17.9 Å². The Kier molecular flexibility index (Phi) is 2.81. The smallest absolute Gasteiger partial charge is 0.251 e. The fraction of sp³-hybridized carbons (Fsp3) is 0.545. The molecule has 17 heavy (non-hydrogen) atoms. The third kappa shape index (κ3) is 2.40. The molecule has 0 atom stereocenters. The van der Waals surface area contributed by atoms with Gasteiger partial charge in [-0.15, -0.1) is 0 Å². The molecule has 6 heteroatoms. The standard InChI is InChI=1S/C11H16F2N4/c1-7-6-8(14)9(15)10(16-7)17-4-2-11(12,13)3-5-17/h6H,2-5,15H2,1H3,(H2,14,16). The molecule has 4 N–H and O–H groups in total. The predicted octanol–water partition coefficient (Wildman–Crippen LogP) is 1.79. The highest BCUT2D eigenvalue weighted by Crippen LogP contribution is 2.33. The number of aromatic nitrogens is 1. The monoisotopic (exact) mass is 242 g/mol. The number of piperidine rings is 1. The van der Waals surface area contributed by atoms with Crippen LogP contribution < -0.4 is 16.4 Å². The lowest BCUT2D eigenvalue weighted by Crippen LogP contribution is -2.40. The van der Waals surface area contributed by atoms with Gasteiger partial charge in [-0.3, -0.25) is 0 Å². The van der Waals surface area contributed by atoms with Crippen LogP contribution in [0.2, 0.25) is 0 Å². The molecule has 1 aromatic rings. The molecule has 1 fully saturated rings. The van der Waals surface area contributed by atoms with Crippen molar-refractivity contribution in [2.75, 3.05) is 29.5 Å². The van der Waals surface area contributed by atoms with E-state index < -0.39 is 5.92 Å². The van der Waals surface area contributed by atoms with Gasteiger partial charge in [-0.05, 0) is 13.0 Å². The third-order valence-corrected chi connectivity index (χ3v) is 2.99. The van der Waals surface area contributed by atoms with Gasteiger partial charge in [-0.25, -0.2) is 13.8 Å². The maximum Gasteiger partial charge on any atom is 0.251 e. The van der Waals surface area contributed by atoms with Crippen LogP contribution in [0.1, 0.15) is 18.5 Å². The minimum atomic E-state index is -2.57. The van der Waals surface area contributed by atoms with Crippen molar-refractivity contribution in [1.29, 1.82) is 0 Å². The molecule has 0 unspecified atom stereocenters. The SMILES string of the molecule is Cc1cc(N)c(N)c(N2CCC(F)(F)CC2)n1. The Hall–Kier alpha value is -1.59. The molecule has 1 saturated heterocycles. The normalized spacial score (nSPS) is 19.4. The van der Waals surface area contributed by atoms with Gasteiger partial charge >= 0.3 is 0 Å². The van der Waals surface area contributed by atoms with Gasteiger partial charge in [0, 0.05) is 31.6 Å². The van der Waals surface area contributed by atoms with Crippen molar-refractivity contribution in [3.05, 3.63) is 11.8 Å². The number of hydrogen-bond donors (Lipinski definition) is 2. The van der Waals surface area contributed by atoms with E-state index in [0.717, 1.165) is 5.69 Å². The van der Waals surface area contributed by atoms with Crippen LogP contribution in [0.5, 0.6) is 0 Å². The molecule has 94 valence electrons. The van der Waals surface area contributed by atoms with E-state index in [0.29, 0.717) is 17.2 Å². The third-order valence-electron chi connectivity index (χ3n) is 2.99. The number of anilines is 3. The van der Waals surface area contributed by atoms with E-state index >= 15 is 0 Å². The molecule has 1 aliphatic heterocycles. The highest BCUT2D eigenvalue weighted by molar-refractivity contribution is 5.76. The number of nitrogens with zero attached hydrogens (tertiary/aromatic N) is 2. The van der Waals surface area contributed by atoms with Crippen LogP contribution in [-0.2, 0) is 0 Å². The molecular formula is C11H16F2N4. The average Bonchev–Trinajstić information content (AvgIpc) is 2.24. The Labute approximate surface area is 98.6 Å². The van der Waals surface area contributed by atoms with Crippen LogP contribution in [-0.4, -0.2) is 24.0 Å². The van der Waals surface area contributed by atoms with Crippen molar-refractivity contribution < 1.29 is 8.78 Å². The zero-order valence-corrected chi connectivity index (χ0v) is 9.71. The van der Waals surface area contributed by atoms with Crippen molar-refractivity contribution in [3.63, 3.8) is 0 Å². The first-order valence-corrected chi connectivity index (χ1v) is 5.54. The van der Waals surface area contributed by atoms with Crippen LogP contribution in [0.4, 0.5) is 26.0 Å². The Morgan fingerprint density at radius 2 is 1.88 bits per heavy atom. The second-order valence-corrected chi connectivity index (χ2v) is 4.43. The van der Waals surface area contributed by atoms with Gasteiger partial charge in [-0.2, -0.15) is 0 Å². The summed E-state index contributed by atoms with van der Waals surface area (Å²) >= 11 is 0. The van der Waals surface area contributed by atoms with Gasteiger partial charge < -0.3 is 16.4 Å².